The van der Waals surface area contributed by atoms with Gasteiger partial charge < -0.3 is 9.47 Å². The van der Waals surface area contributed by atoms with Crippen LogP contribution in [-0.2, 0) is 30.3 Å². The number of pyridine rings is 1. The summed E-state index contributed by atoms with van der Waals surface area (Å²) < 4.78 is 10.8. The molecule has 3 heterocycles. The SMILES string of the molecule is CCOC(=O)C[C@H](CCCCCC(OC(C)=O)c1ccc2c(n1)N(C(C)=O)CCC2)c1cnc(C)nc1. The van der Waals surface area contributed by atoms with Gasteiger partial charge in [0.1, 0.15) is 17.7 Å². The second-order valence-electron chi connectivity index (χ2n) is 9.50. The number of aryl methyl sites for hydroxylation is 2. The van der Waals surface area contributed by atoms with Crippen molar-refractivity contribution in [2.24, 2.45) is 0 Å². The van der Waals surface area contributed by atoms with Crippen molar-refractivity contribution in [1.82, 2.24) is 15.0 Å². The summed E-state index contributed by atoms with van der Waals surface area (Å²) in [7, 11) is 0. The average Bonchev–Trinajstić information content (AvgIpc) is 2.86. The molecule has 200 valence electrons. The second kappa shape index (κ2) is 13.8. The predicted molar refractivity (Wildman–Crippen MR) is 139 cm³/mol. The molecular formula is C28H38N4O5. The molecule has 1 aliphatic heterocycles. The van der Waals surface area contributed by atoms with Crippen LogP contribution in [-0.4, -0.2) is 45.9 Å². The van der Waals surface area contributed by atoms with E-state index in [4.69, 9.17) is 14.5 Å². The number of nitrogens with zero attached hydrogens (tertiary/aromatic N) is 4. The lowest BCUT2D eigenvalue weighted by Gasteiger charge is -2.28. The minimum absolute atomic E-state index is 0.0104. The zero-order valence-corrected chi connectivity index (χ0v) is 22.4. The zero-order valence-electron chi connectivity index (χ0n) is 22.4. The molecule has 0 aromatic carbocycles. The fraction of sp³-hybridized carbons (Fsp3) is 0.571. The van der Waals surface area contributed by atoms with Crippen LogP contribution >= 0.6 is 0 Å². The summed E-state index contributed by atoms with van der Waals surface area (Å²) in [6, 6.07) is 3.90. The molecule has 3 rings (SSSR count). The van der Waals surface area contributed by atoms with Crippen LogP contribution < -0.4 is 4.90 Å². The Labute approximate surface area is 219 Å². The molecule has 0 aliphatic carbocycles. The highest BCUT2D eigenvalue weighted by Crippen LogP contribution is 2.31. The summed E-state index contributed by atoms with van der Waals surface area (Å²) in [6.07, 6.45) is 9.22. The summed E-state index contributed by atoms with van der Waals surface area (Å²) >= 11 is 0. The molecular weight excluding hydrogens is 472 g/mol. The Balaban J connectivity index is 1.61. The van der Waals surface area contributed by atoms with Gasteiger partial charge in [0, 0.05) is 32.8 Å². The second-order valence-corrected chi connectivity index (χ2v) is 9.50. The Morgan fingerprint density at radius 2 is 1.78 bits per heavy atom. The molecule has 0 radical (unpaired) electrons. The fourth-order valence-corrected chi connectivity index (χ4v) is 4.73. The molecule has 0 spiro atoms. The van der Waals surface area contributed by atoms with Gasteiger partial charge in [0.2, 0.25) is 5.91 Å². The molecule has 2 aromatic rings. The highest BCUT2D eigenvalue weighted by molar-refractivity contribution is 5.91. The van der Waals surface area contributed by atoms with E-state index in [0.29, 0.717) is 43.3 Å². The molecule has 37 heavy (non-hydrogen) atoms. The van der Waals surface area contributed by atoms with Gasteiger partial charge in [-0.2, -0.15) is 0 Å². The Morgan fingerprint density at radius 3 is 2.46 bits per heavy atom. The highest BCUT2D eigenvalue weighted by atomic mass is 16.5. The largest absolute Gasteiger partial charge is 0.466 e. The van der Waals surface area contributed by atoms with Crippen LogP contribution in [0.2, 0.25) is 0 Å². The number of rotatable bonds is 12. The van der Waals surface area contributed by atoms with Gasteiger partial charge in [0.25, 0.3) is 0 Å². The van der Waals surface area contributed by atoms with Crippen molar-refractivity contribution in [3.05, 3.63) is 47.2 Å². The van der Waals surface area contributed by atoms with Crippen LogP contribution in [0.3, 0.4) is 0 Å². The minimum atomic E-state index is -0.473. The molecule has 0 saturated heterocycles. The molecule has 2 aromatic heterocycles. The van der Waals surface area contributed by atoms with Gasteiger partial charge in [0.05, 0.1) is 18.7 Å². The summed E-state index contributed by atoms with van der Waals surface area (Å²) in [5, 5.41) is 0. The van der Waals surface area contributed by atoms with Crippen LogP contribution in [0.25, 0.3) is 0 Å². The number of ether oxygens (including phenoxy) is 2. The number of hydrogen-bond donors (Lipinski definition) is 0. The third-order valence-corrected chi connectivity index (χ3v) is 6.59. The topological polar surface area (TPSA) is 112 Å². The number of unbranched alkanes of at least 4 members (excludes halogenated alkanes) is 2. The lowest BCUT2D eigenvalue weighted by molar-refractivity contribution is -0.147. The van der Waals surface area contributed by atoms with E-state index in [0.717, 1.165) is 49.7 Å². The maximum atomic E-state index is 12.2. The highest BCUT2D eigenvalue weighted by Gasteiger charge is 2.25. The predicted octanol–water partition coefficient (Wildman–Crippen LogP) is 4.77. The van der Waals surface area contributed by atoms with Gasteiger partial charge >= 0.3 is 11.9 Å². The number of anilines is 1. The van der Waals surface area contributed by atoms with E-state index in [1.54, 1.807) is 31.1 Å². The first-order valence-electron chi connectivity index (χ1n) is 13.2. The number of carbonyl (C=O) groups is 3. The van der Waals surface area contributed by atoms with Crippen LogP contribution in [0, 0.1) is 6.92 Å². The smallest absolute Gasteiger partial charge is 0.306 e. The molecule has 9 nitrogen and oxygen atoms in total. The summed E-state index contributed by atoms with van der Waals surface area (Å²) in [6.45, 7) is 7.58. The van der Waals surface area contributed by atoms with Crippen LogP contribution in [0.15, 0.2) is 24.5 Å². The van der Waals surface area contributed by atoms with E-state index in [1.165, 1.54) is 6.92 Å². The molecule has 1 amide bonds. The monoisotopic (exact) mass is 510 g/mol. The first kappa shape index (κ1) is 28.2. The standard InChI is InChI=1S/C28H38N4O5/c1-5-36-27(35)16-23(24-17-29-19(2)30-18-24)10-7-6-8-12-26(37-21(4)34)25-14-13-22-11-9-15-32(20(3)33)28(22)31-25/h13-14,17-18,23,26H,5-12,15-16H2,1-4H3/t23-,26?/m0/s1. The number of carbonyl (C=O) groups excluding carboxylic acids is 3. The molecule has 0 bridgehead atoms. The van der Waals surface area contributed by atoms with E-state index in [1.807, 2.05) is 19.1 Å². The average molecular weight is 511 g/mol. The number of aromatic nitrogens is 3. The molecule has 0 fully saturated rings. The summed E-state index contributed by atoms with van der Waals surface area (Å²) in [5.41, 5.74) is 2.64. The van der Waals surface area contributed by atoms with E-state index < -0.39 is 6.10 Å². The van der Waals surface area contributed by atoms with Crippen LogP contribution in [0.1, 0.15) is 100 Å². The van der Waals surface area contributed by atoms with Crippen molar-refractivity contribution in [2.45, 2.75) is 91.1 Å². The van der Waals surface area contributed by atoms with Crippen LogP contribution in [0.5, 0.6) is 0 Å². The molecule has 0 N–H and O–H groups in total. The Bertz CT molecular complexity index is 1070. The Kier molecular flexibility index (Phi) is 10.5. The first-order chi connectivity index (χ1) is 17.8. The van der Waals surface area contributed by atoms with E-state index in [9.17, 15) is 14.4 Å². The number of fused-ring (bicyclic) bond motifs is 1. The fourth-order valence-electron chi connectivity index (χ4n) is 4.73. The van der Waals surface area contributed by atoms with E-state index in [2.05, 4.69) is 9.97 Å². The lowest BCUT2D eigenvalue weighted by Crippen LogP contribution is -2.34. The summed E-state index contributed by atoms with van der Waals surface area (Å²) in [5.74, 6) is 0.741. The zero-order chi connectivity index (χ0) is 26.8. The van der Waals surface area contributed by atoms with E-state index in [-0.39, 0.29) is 23.8 Å². The van der Waals surface area contributed by atoms with Crippen molar-refractivity contribution in [1.29, 1.82) is 0 Å². The molecule has 2 atom stereocenters. The third-order valence-electron chi connectivity index (χ3n) is 6.59. The molecule has 1 unspecified atom stereocenters. The quantitative estimate of drug-likeness (QED) is 0.296. The normalized spacial score (nSPS) is 14.4. The van der Waals surface area contributed by atoms with Crippen molar-refractivity contribution in [3.63, 3.8) is 0 Å². The van der Waals surface area contributed by atoms with Gasteiger partial charge in [-0.3, -0.25) is 19.3 Å². The maximum absolute atomic E-state index is 12.2. The van der Waals surface area contributed by atoms with E-state index >= 15 is 0 Å². The number of amides is 1. The Morgan fingerprint density at radius 1 is 1.05 bits per heavy atom. The van der Waals surface area contributed by atoms with Crippen molar-refractivity contribution >= 4 is 23.7 Å². The van der Waals surface area contributed by atoms with Crippen molar-refractivity contribution in [2.75, 3.05) is 18.1 Å². The van der Waals surface area contributed by atoms with Crippen molar-refractivity contribution < 1.29 is 23.9 Å². The van der Waals surface area contributed by atoms with Gasteiger partial charge in [-0.1, -0.05) is 18.9 Å². The lowest BCUT2D eigenvalue weighted by atomic mass is 9.91. The minimum Gasteiger partial charge on any atom is -0.466 e. The Hall–Kier alpha value is -3.36. The van der Waals surface area contributed by atoms with Gasteiger partial charge in [-0.15, -0.1) is 0 Å². The van der Waals surface area contributed by atoms with Gasteiger partial charge in [0.15, 0.2) is 0 Å². The van der Waals surface area contributed by atoms with Crippen LogP contribution in [0.4, 0.5) is 5.82 Å². The maximum Gasteiger partial charge on any atom is 0.306 e. The molecule has 9 heteroatoms. The number of hydrogen-bond acceptors (Lipinski definition) is 8. The summed E-state index contributed by atoms with van der Waals surface area (Å²) in [4.78, 5) is 51.1. The first-order valence-corrected chi connectivity index (χ1v) is 13.2. The van der Waals surface area contributed by atoms with Crippen molar-refractivity contribution in [3.8, 4) is 0 Å². The third kappa shape index (κ3) is 8.33. The number of esters is 2. The van der Waals surface area contributed by atoms with Gasteiger partial charge in [-0.25, -0.2) is 15.0 Å². The van der Waals surface area contributed by atoms with Gasteiger partial charge in [-0.05, 0) is 69.1 Å². The molecule has 0 saturated carbocycles. The molecule has 1 aliphatic rings.